The average molecular weight is 300 g/mol. The zero-order valence-corrected chi connectivity index (χ0v) is 11.5. The molecule has 1 N–H and O–H groups in total. The minimum absolute atomic E-state index is 0.0623. The van der Waals surface area contributed by atoms with E-state index in [4.69, 9.17) is 21.1 Å². The third-order valence-corrected chi connectivity index (χ3v) is 2.66. The molecule has 1 aliphatic heterocycles. The third kappa shape index (κ3) is 3.08. The van der Waals surface area contributed by atoms with Crippen LogP contribution in [-0.2, 0) is 19.1 Å². The predicted octanol–water partition coefficient (Wildman–Crippen LogP) is 2.61. The first-order valence-corrected chi connectivity index (χ1v) is 6.05. The van der Waals surface area contributed by atoms with Crippen LogP contribution in [0.4, 0.5) is 10.1 Å². The summed E-state index contributed by atoms with van der Waals surface area (Å²) in [5, 5.41) is 2.74. The zero-order chi connectivity index (χ0) is 14.9. The molecule has 2 rings (SSSR count). The highest BCUT2D eigenvalue weighted by Gasteiger charge is 2.38. The van der Waals surface area contributed by atoms with Crippen LogP contribution in [0, 0.1) is 5.82 Å². The Morgan fingerprint density at radius 3 is 2.40 bits per heavy atom. The van der Waals surface area contributed by atoms with E-state index in [2.05, 4.69) is 5.32 Å². The second-order valence-electron chi connectivity index (χ2n) is 4.51. The fourth-order valence-corrected chi connectivity index (χ4v) is 1.69. The summed E-state index contributed by atoms with van der Waals surface area (Å²) in [5.41, 5.74) is -0.286. The van der Waals surface area contributed by atoms with Crippen molar-refractivity contribution in [1.29, 1.82) is 0 Å². The molecule has 0 amide bonds. The maximum Gasteiger partial charge on any atom is 0.350 e. The van der Waals surface area contributed by atoms with E-state index in [1.54, 1.807) is 0 Å². The number of ether oxygens (including phenoxy) is 2. The molecular formula is C13H11ClFNO4. The van der Waals surface area contributed by atoms with Gasteiger partial charge in [-0.25, -0.2) is 14.0 Å². The lowest BCUT2D eigenvalue weighted by Crippen LogP contribution is -2.42. The summed E-state index contributed by atoms with van der Waals surface area (Å²) in [6.07, 6.45) is 1.03. The van der Waals surface area contributed by atoms with Crippen molar-refractivity contribution in [3.05, 3.63) is 40.8 Å². The molecule has 0 unspecified atom stereocenters. The van der Waals surface area contributed by atoms with Crippen LogP contribution >= 0.6 is 11.6 Å². The Hall–Kier alpha value is -2.08. The lowest BCUT2D eigenvalue weighted by atomic mass is 10.2. The molecule has 0 aliphatic carbocycles. The van der Waals surface area contributed by atoms with Crippen molar-refractivity contribution in [2.24, 2.45) is 0 Å². The van der Waals surface area contributed by atoms with E-state index in [0.29, 0.717) is 0 Å². The van der Waals surface area contributed by atoms with Gasteiger partial charge >= 0.3 is 11.9 Å². The first-order chi connectivity index (χ1) is 9.28. The average Bonchev–Trinajstić information content (AvgIpc) is 2.28. The zero-order valence-electron chi connectivity index (χ0n) is 10.7. The van der Waals surface area contributed by atoms with Gasteiger partial charge in [0.15, 0.2) is 5.57 Å². The van der Waals surface area contributed by atoms with E-state index in [-0.39, 0.29) is 16.3 Å². The van der Waals surface area contributed by atoms with E-state index in [9.17, 15) is 14.0 Å². The van der Waals surface area contributed by atoms with Crippen molar-refractivity contribution in [2.75, 3.05) is 5.32 Å². The molecule has 106 valence electrons. The van der Waals surface area contributed by atoms with Gasteiger partial charge in [0.1, 0.15) is 5.82 Å². The van der Waals surface area contributed by atoms with Gasteiger partial charge in [-0.3, -0.25) is 0 Å². The van der Waals surface area contributed by atoms with Crippen LogP contribution in [0.15, 0.2) is 30.0 Å². The van der Waals surface area contributed by atoms with Crippen molar-refractivity contribution >= 4 is 29.2 Å². The van der Waals surface area contributed by atoms with Gasteiger partial charge in [-0.05, 0) is 18.2 Å². The van der Waals surface area contributed by atoms with Gasteiger partial charge in [0.05, 0.1) is 5.69 Å². The highest BCUT2D eigenvalue weighted by molar-refractivity contribution is 6.30. The predicted molar refractivity (Wildman–Crippen MR) is 69.4 cm³/mol. The summed E-state index contributed by atoms with van der Waals surface area (Å²) in [6.45, 7) is 2.87. The summed E-state index contributed by atoms with van der Waals surface area (Å²) in [6, 6.07) is 3.94. The van der Waals surface area contributed by atoms with E-state index in [0.717, 1.165) is 12.3 Å². The number of hydrogen-bond acceptors (Lipinski definition) is 5. The molecule has 1 aromatic rings. The summed E-state index contributed by atoms with van der Waals surface area (Å²) >= 11 is 5.61. The van der Waals surface area contributed by atoms with Crippen molar-refractivity contribution in [1.82, 2.24) is 0 Å². The van der Waals surface area contributed by atoms with E-state index in [1.807, 2.05) is 0 Å². The molecule has 20 heavy (non-hydrogen) atoms. The van der Waals surface area contributed by atoms with Crippen molar-refractivity contribution in [2.45, 2.75) is 19.6 Å². The van der Waals surface area contributed by atoms with Gasteiger partial charge in [-0.2, -0.15) is 0 Å². The number of anilines is 1. The molecule has 1 heterocycles. The molecule has 1 aliphatic rings. The van der Waals surface area contributed by atoms with Crippen molar-refractivity contribution in [3.8, 4) is 0 Å². The highest BCUT2D eigenvalue weighted by atomic mass is 35.5. The molecule has 5 nitrogen and oxygen atoms in total. The first-order valence-electron chi connectivity index (χ1n) is 5.67. The molecule has 0 aromatic heterocycles. The largest absolute Gasteiger partial charge is 0.419 e. The molecule has 1 fully saturated rings. The van der Waals surface area contributed by atoms with E-state index < -0.39 is 23.5 Å². The molecule has 7 heteroatoms. The molecular weight excluding hydrogens is 289 g/mol. The van der Waals surface area contributed by atoms with E-state index in [1.165, 1.54) is 26.0 Å². The molecule has 0 spiro atoms. The lowest BCUT2D eigenvalue weighted by Gasteiger charge is -2.29. The molecule has 1 saturated heterocycles. The molecule has 0 saturated carbocycles. The third-order valence-electron chi connectivity index (χ3n) is 2.42. The summed E-state index contributed by atoms with van der Waals surface area (Å²) in [7, 11) is 0. The number of halogens is 2. The Morgan fingerprint density at radius 1 is 1.25 bits per heavy atom. The maximum atomic E-state index is 13.5. The van der Waals surface area contributed by atoms with Crippen LogP contribution in [0.2, 0.25) is 5.02 Å². The SMILES string of the molecule is CC1(C)OC(=O)C(=CNc2ccc(Cl)cc2F)C(=O)O1. The van der Waals surface area contributed by atoms with Crippen LogP contribution in [0.5, 0.6) is 0 Å². The van der Waals surface area contributed by atoms with Gasteiger partial charge in [0.2, 0.25) is 0 Å². The van der Waals surface area contributed by atoms with Gasteiger partial charge in [0, 0.05) is 25.1 Å². The monoisotopic (exact) mass is 299 g/mol. The number of hydrogen-bond donors (Lipinski definition) is 1. The minimum Gasteiger partial charge on any atom is -0.419 e. The molecule has 0 atom stereocenters. The Labute approximate surface area is 119 Å². The Bertz CT molecular complexity index is 590. The topological polar surface area (TPSA) is 64.6 Å². The molecule has 1 aromatic carbocycles. The normalized spacial score (nSPS) is 17.3. The van der Waals surface area contributed by atoms with Crippen LogP contribution < -0.4 is 5.32 Å². The number of cyclic esters (lactones) is 2. The highest BCUT2D eigenvalue weighted by Crippen LogP contribution is 2.23. The van der Waals surface area contributed by atoms with Crippen LogP contribution in [0.25, 0.3) is 0 Å². The van der Waals surface area contributed by atoms with Crippen LogP contribution in [0.3, 0.4) is 0 Å². The Morgan fingerprint density at radius 2 is 1.85 bits per heavy atom. The summed E-state index contributed by atoms with van der Waals surface area (Å²) < 4.78 is 23.3. The van der Waals surface area contributed by atoms with Crippen molar-refractivity contribution < 1.29 is 23.5 Å². The standard InChI is InChI=1S/C13H11ClFNO4/c1-13(2)19-11(17)8(12(18)20-13)6-16-10-4-3-7(14)5-9(10)15/h3-6,16H,1-2H3. The van der Waals surface area contributed by atoms with Crippen molar-refractivity contribution in [3.63, 3.8) is 0 Å². The quantitative estimate of drug-likeness (QED) is 0.516. The van der Waals surface area contributed by atoms with Gasteiger partial charge in [-0.1, -0.05) is 11.6 Å². The molecule has 0 bridgehead atoms. The Kier molecular flexibility index (Phi) is 3.67. The summed E-state index contributed by atoms with van der Waals surface area (Å²) in [5.74, 6) is -3.61. The van der Waals surface area contributed by atoms with Gasteiger partial charge in [0.25, 0.3) is 5.79 Å². The first kappa shape index (κ1) is 14.3. The van der Waals surface area contributed by atoms with Crippen LogP contribution in [0.1, 0.15) is 13.8 Å². The number of carbonyl (C=O) groups excluding carboxylic acids is 2. The maximum absolute atomic E-state index is 13.5. The number of benzene rings is 1. The van der Waals surface area contributed by atoms with Gasteiger partial charge < -0.3 is 14.8 Å². The molecule has 0 radical (unpaired) electrons. The smallest absolute Gasteiger partial charge is 0.350 e. The van der Waals surface area contributed by atoms with E-state index >= 15 is 0 Å². The number of rotatable bonds is 2. The number of carbonyl (C=O) groups is 2. The number of nitrogens with one attached hydrogen (secondary N) is 1. The summed E-state index contributed by atoms with van der Waals surface area (Å²) in [4.78, 5) is 23.3. The second kappa shape index (κ2) is 5.13. The van der Waals surface area contributed by atoms with Crippen LogP contribution in [-0.4, -0.2) is 17.7 Å². The fourth-order valence-electron chi connectivity index (χ4n) is 1.53. The Balaban J connectivity index is 2.19. The van der Waals surface area contributed by atoms with Gasteiger partial charge in [-0.15, -0.1) is 0 Å². The lowest BCUT2D eigenvalue weighted by molar-refractivity contribution is -0.222. The fraction of sp³-hybridized carbons (Fsp3) is 0.231. The minimum atomic E-state index is -1.31. The number of esters is 2. The second-order valence-corrected chi connectivity index (χ2v) is 4.94.